The Morgan fingerprint density at radius 2 is 1.50 bits per heavy atom. The number of rotatable bonds is 5. The molecule has 0 aliphatic rings. The van der Waals surface area contributed by atoms with Gasteiger partial charge in [-0.3, -0.25) is 4.55 Å². The van der Waals surface area contributed by atoms with E-state index in [1.165, 1.54) is 0 Å². The molecule has 0 saturated carbocycles. The number of aliphatic hydroxyl groups is 1. The summed E-state index contributed by atoms with van der Waals surface area (Å²) in [5.41, 5.74) is 2.28. The van der Waals surface area contributed by atoms with Crippen molar-refractivity contribution in [2.24, 2.45) is 0 Å². The van der Waals surface area contributed by atoms with Crippen molar-refractivity contribution in [3.05, 3.63) is 65.7 Å². The second-order valence-electron chi connectivity index (χ2n) is 4.62. The van der Waals surface area contributed by atoms with Crippen LogP contribution in [0.15, 0.2) is 54.6 Å². The summed E-state index contributed by atoms with van der Waals surface area (Å²) < 4.78 is 31.5. The van der Waals surface area contributed by atoms with Crippen LogP contribution >= 0.6 is 0 Å². The zero-order valence-electron chi connectivity index (χ0n) is 12.3. The molecule has 0 aliphatic heterocycles. The molecule has 0 amide bonds. The molecule has 22 heavy (non-hydrogen) atoms. The van der Waals surface area contributed by atoms with E-state index in [1.807, 2.05) is 54.6 Å². The second-order valence-corrected chi connectivity index (χ2v) is 6.09. The lowest BCUT2D eigenvalue weighted by atomic mass is 10.1. The minimum Gasteiger partial charge on any atom is -0.489 e. The first-order valence-corrected chi connectivity index (χ1v) is 8.52. The summed E-state index contributed by atoms with van der Waals surface area (Å²) in [7, 11) is -3.67. The predicted octanol–water partition coefficient (Wildman–Crippen LogP) is 2.30. The smallest absolute Gasteiger partial charge is 0.261 e. The first-order valence-electron chi connectivity index (χ1n) is 6.67. The molecule has 0 heterocycles. The molecule has 0 fully saturated rings. The van der Waals surface area contributed by atoms with Crippen LogP contribution in [0, 0.1) is 0 Å². The topological polar surface area (TPSA) is 83.8 Å². The second kappa shape index (κ2) is 9.19. The molecule has 2 rings (SSSR count). The Balaban J connectivity index is 0.000000422. The van der Waals surface area contributed by atoms with Gasteiger partial charge in [-0.25, -0.2) is 0 Å². The van der Waals surface area contributed by atoms with Crippen LogP contribution in [0.2, 0.25) is 0 Å². The molecule has 2 N–H and O–H groups in total. The molecule has 0 unspecified atom stereocenters. The molecular formula is C16H20O5S. The standard InChI is InChI=1S/C15H16O2.CH4O3S/c16-11-10-13-6-8-15(9-7-13)17-12-14-4-2-1-3-5-14;1-5(2,3)4/h1-9,16H,10-12H2;1H3,(H,2,3,4). The van der Waals surface area contributed by atoms with Gasteiger partial charge in [0.25, 0.3) is 10.1 Å². The highest BCUT2D eigenvalue weighted by molar-refractivity contribution is 7.85. The van der Waals surface area contributed by atoms with Gasteiger partial charge in [-0.2, -0.15) is 8.42 Å². The highest BCUT2D eigenvalue weighted by Gasteiger charge is 1.96. The van der Waals surface area contributed by atoms with Crippen LogP contribution in [-0.2, 0) is 23.1 Å². The highest BCUT2D eigenvalue weighted by atomic mass is 32.2. The summed E-state index contributed by atoms with van der Waals surface area (Å²) in [6, 6.07) is 17.9. The van der Waals surface area contributed by atoms with E-state index in [0.717, 1.165) is 16.9 Å². The summed E-state index contributed by atoms with van der Waals surface area (Å²) >= 11 is 0. The Morgan fingerprint density at radius 1 is 0.955 bits per heavy atom. The lowest BCUT2D eigenvalue weighted by molar-refractivity contribution is 0.298. The van der Waals surface area contributed by atoms with Crippen LogP contribution in [0.3, 0.4) is 0 Å². The van der Waals surface area contributed by atoms with Crippen molar-refractivity contribution in [1.82, 2.24) is 0 Å². The summed E-state index contributed by atoms with van der Waals surface area (Å²) in [6.45, 7) is 0.768. The molecule has 2 aromatic carbocycles. The summed E-state index contributed by atoms with van der Waals surface area (Å²) in [5.74, 6) is 0.857. The molecule has 120 valence electrons. The van der Waals surface area contributed by atoms with Gasteiger partial charge in [-0.05, 0) is 29.7 Å². The van der Waals surface area contributed by atoms with Crippen molar-refractivity contribution in [2.75, 3.05) is 12.9 Å². The van der Waals surface area contributed by atoms with Crippen molar-refractivity contribution in [1.29, 1.82) is 0 Å². The van der Waals surface area contributed by atoms with Crippen molar-refractivity contribution in [2.45, 2.75) is 13.0 Å². The number of hydrogen-bond donors (Lipinski definition) is 2. The fourth-order valence-corrected chi connectivity index (χ4v) is 1.62. The fraction of sp³-hybridized carbons (Fsp3) is 0.250. The van der Waals surface area contributed by atoms with Crippen LogP contribution in [-0.4, -0.2) is 30.9 Å². The Morgan fingerprint density at radius 3 is 2.00 bits per heavy atom. The van der Waals surface area contributed by atoms with Crippen molar-refractivity contribution in [3.63, 3.8) is 0 Å². The Hall–Kier alpha value is -1.89. The minimum absolute atomic E-state index is 0.185. The van der Waals surface area contributed by atoms with Crippen LogP contribution in [0.1, 0.15) is 11.1 Å². The summed E-state index contributed by atoms with van der Waals surface area (Å²) in [6.07, 6.45) is 1.41. The number of benzene rings is 2. The van der Waals surface area contributed by atoms with Crippen LogP contribution in [0.25, 0.3) is 0 Å². The molecule has 0 saturated heterocycles. The van der Waals surface area contributed by atoms with E-state index in [0.29, 0.717) is 19.3 Å². The molecule has 0 atom stereocenters. The lowest BCUT2D eigenvalue weighted by Crippen LogP contribution is -1.95. The Labute approximate surface area is 130 Å². The molecule has 6 heteroatoms. The average molecular weight is 324 g/mol. The van der Waals surface area contributed by atoms with E-state index in [2.05, 4.69) is 0 Å². The van der Waals surface area contributed by atoms with Gasteiger partial charge in [0.2, 0.25) is 0 Å². The Bertz CT molecular complexity index is 628. The molecule has 0 spiro atoms. The van der Waals surface area contributed by atoms with Crippen molar-refractivity contribution < 1.29 is 22.8 Å². The van der Waals surface area contributed by atoms with Gasteiger partial charge in [0.05, 0.1) is 6.26 Å². The van der Waals surface area contributed by atoms with Crippen molar-refractivity contribution >= 4 is 10.1 Å². The summed E-state index contributed by atoms with van der Waals surface area (Å²) in [4.78, 5) is 0. The number of aliphatic hydroxyl groups excluding tert-OH is 1. The Kier molecular flexibility index (Phi) is 7.59. The quantitative estimate of drug-likeness (QED) is 0.825. The van der Waals surface area contributed by atoms with Gasteiger partial charge in [-0.15, -0.1) is 0 Å². The van der Waals surface area contributed by atoms with E-state index in [-0.39, 0.29) is 6.61 Å². The first-order chi connectivity index (χ1) is 10.4. The SMILES string of the molecule is CS(=O)(=O)O.OCCc1ccc(OCc2ccccc2)cc1. The van der Waals surface area contributed by atoms with E-state index in [9.17, 15) is 8.42 Å². The van der Waals surface area contributed by atoms with Gasteiger partial charge >= 0.3 is 0 Å². The maximum absolute atomic E-state index is 9.19. The molecule has 5 nitrogen and oxygen atoms in total. The normalized spacial score (nSPS) is 10.5. The highest BCUT2D eigenvalue weighted by Crippen LogP contribution is 2.14. The molecule has 0 bridgehead atoms. The minimum atomic E-state index is -3.67. The van der Waals surface area contributed by atoms with Gasteiger partial charge < -0.3 is 9.84 Å². The third-order valence-electron chi connectivity index (χ3n) is 2.57. The van der Waals surface area contributed by atoms with Gasteiger partial charge in [0.15, 0.2) is 0 Å². The first kappa shape index (κ1) is 18.2. The molecule has 0 aromatic heterocycles. The summed E-state index contributed by atoms with van der Waals surface area (Å²) in [5, 5.41) is 8.81. The van der Waals surface area contributed by atoms with Gasteiger partial charge in [0, 0.05) is 6.61 Å². The maximum Gasteiger partial charge on any atom is 0.261 e. The fourth-order valence-electron chi connectivity index (χ4n) is 1.62. The molecule has 0 aliphatic carbocycles. The zero-order chi connectivity index (χ0) is 16.4. The van der Waals surface area contributed by atoms with Gasteiger partial charge in [0.1, 0.15) is 12.4 Å². The van der Waals surface area contributed by atoms with Crippen LogP contribution in [0.4, 0.5) is 0 Å². The number of hydrogen-bond acceptors (Lipinski definition) is 4. The third-order valence-corrected chi connectivity index (χ3v) is 2.57. The number of ether oxygens (including phenoxy) is 1. The van der Waals surface area contributed by atoms with Crippen molar-refractivity contribution in [3.8, 4) is 5.75 Å². The van der Waals surface area contributed by atoms with E-state index in [4.69, 9.17) is 14.4 Å². The lowest BCUT2D eigenvalue weighted by Gasteiger charge is -2.06. The molecule has 2 aromatic rings. The largest absolute Gasteiger partial charge is 0.489 e. The molecular weight excluding hydrogens is 304 g/mol. The third kappa shape index (κ3) is 9.12. The van der Waals surface area contributed by atoms with Crippen LogP contribution in [0.5, 0.6) is 5.75 Å². The van der Waals surface area contributed by atoms with E-state index >= 15 is 0 Å². The average Bonchev–Trinajstić information content (AvgIpc) is 2.46. The van der Waals surface area contributed by atoms with E-state index in [1.54, 1.807) is 0 Å². The van der Waals surface area contributed by atoms with E-state index < -0.39 is 10.1 Å². The monoisotopic (exact) mass is 324 g/mol. The zero-order valence-corrected chi connectivity index (χ0v) is 13.2. The van der Waals surface area contributed by atoms with Gasteiger partial charge in [-0.1, -0.05) is 42.5 Å². The predicted molar refractivity (Wildman–Crippen MR) is 85.5 cm³/mol. The van der Waals surface area contributed by atoms with Crippen LogP contribution < -0.4 is 4.74 Å². The maximum atomic E-state index is 9.19. The molecule has 0 radical (unpaired) electrons.